The summed E-state index contributed by atoms with van der Waals surface area (Å²) in [6, 6.07) is 0.557. The quantitative estimate of drug-likeness (QED) is 0.845. The topological polar surface area (TPSA) is 49.6 Å². The highest BCUT2D eigenvalue weighted by Crippen LogP contribution is 2.19. The fourth-order valence-corrected chi connectivity index (χ4v) is 3.40. The number of hydrogen-bond acceptors (Lipinski definition) is 3. The van der Waals surface area contributed by atoms with Crippen molar-refractivity contribution in [1.82, 2.24) is 9.80 Å². The van der Waals surface area contributed by atoms with Crippen LogP contribution in [0, 0.1) is 0 Å². The van der Waals surface area contributed by atoms with Crippen molar-refractivity contribution in [3.63, 3.8) is 0 Å². The van der Waals surface area contributed by atoms with E-state index in [4.69, 9.17) is 5.73 Å². The molecule has 2 aliphatic rings. The Morgan fingerprint density at radius 2 is 1.74 bits per heavy atom. The van der Waals surface area contributed by atoms with Crippen LogP contribution in [0.5, 0.6) is 0 Å². The van der Waals surface area contributed by atoms with Gasteiger partial charge in [-0.15, -0.1) is 0 Å². The molecular weight excluding hydrogens is 238 g/mol. The van der Waals surface area contributed by atoms with Gasteiger partial charge in [-0.1, -0.05) is 19.3 Å². The van der Waals surface area contributed by atoms with E-state index in [1.165, 1.54) is 38.5 Å². The van der Waals surface area contributed by atoms with Crippen LogP contribution in [0.1, 0.15) is 51.9 Å². The maximum atomic E-state index is 12.4. The summed E-state index contributed by atoms with van der Waals surface area (Å²) in [7, 11) is 0. The molecule has 0 spiro atoms. The standard InChI is InChI=1S/C15H29N3O/c1-13(16)14-8-4-7-11-18(14)12-15(19)17-9-5-2-3-6-10-17/h13-14H,2-12,16H2,1H3. The van der Waals surface area contributed by atoms with E-state index in [0.717, 1.165) is 26.1 Å². The van der Waals surface area contributed by atoms with Crippen molar-refractivity contribution in [2.45, 2.75) is 64.0 Å². The van der Waals surface area contributed by atoms with Crippen LogP contribution in [-0.2, 0) is 4.79 Å². The van der Waals surface area contributed by atoms with Crippen LogP contribution in [0.15, 0.2) is 0 Å². The lowest BCUT2D eigenvalue weighted by Gasteiger charge is -2.38. The van der Waals surface area contributed by atoms with Crippen molar-refractivity contribution in [3.05, 3.63) is 0 Å². The number of piperidine rings is 1. The Balaban J connectivity index is 1.88. The maximum absolute atomic E-state index is 12.4. The van der Waals surface area contributed by atoms with Gasteiger partial charge >= 0.3 is 0 Å². The first kappa shape index (κ1) is 14.8. The average Bonchev–Trinajstić information content (AvgIpc) is 2.68. The third kappa shape index (κ3) is 4.18. The molecular formula is C15H29N3O. The summed E-state index contributed by atoms with van der Waals surface area (Å²) in [5, 5.41) is 0. The van der Waals surface area contributed by atoms with E-state index >= 15 is 0 Å². The van der Waals surface area contributed by atoms with E-state index < -0.39 is 0 Å². The van der Waals surface area contributed by atoms with Gasteiger partial charge in [0.1, 0.15) is 0 Å². The van der Waals surface area contributed by atoms with Gasteiger partial charge in [-0.05, 0) is 39.2 Å². The predicted molar refractivity (Wildman–Crippen MR) is 77.9 cm³/mol. The van der Waals surface area contributed by atoms with E-state index in [0.29, 0.717) is 18.5 Å². The monoisotopic (exact) mass is 267 g/mol. The van der Waals surface area contributed by atoms with Crippen molar-refractivity contribution in [3.8, 4) is 0 Å². The Kier molecular flexibility index (Phi) is 5.64. The van der Waals surface area contributed by atoms with E-state index in [-0.39, 0.29) is 6.04 Å². The molecule has 2 fully saturated rings. The first-order chi connectivity index (χ1) is 9.18. The molecule has 1 amide bonds. The van der Waals surface area contributed by atoms with E-state index in [1.54, 1.807) is 0 Å². The van der Waals surface area contributed by atoms with Gasteiger partial charge in [0.25, 0.3) is 0 Å². The number of hydrogen-bond donors (Lipinski definition) is 1. The van der Waals surface area contributed by atoms with Gasteiger partial charge < -0.3 is 10.6 Å². The molecule has 0 aromatic carbocycles. The largest absolute Gasteiger partial charge is 0.342 e. The Morgan fingerprint density at radius 3 is 2.37 bits per heavy atom. The lowest BCUT2D eigenvalue weighted by Crippen LogP contribution is -2.52. The molecule has 2 rings (SSSR count). The van der Waals surface area contributed by atoms with E-state index in [9.17, 15) is 4.79 Å². The number of carbonyl (C=O) groups excluding carboxylic acids is 1. The molecule has 2 N–H and O–H groups in total. The van der Waals surface area contributed by atoms with Crippen LogP contribution in [-0.4, -0.2) is 54.0 Å². The summed E-state index contributed by atoms with van der Waals surface area (Å²) < 4.78 is 0. The summed E-state index contributed by atoms with van der Waals surface area (Å²) >= 11 is 0. The zero-order valence-corrected chi connectivity index (χ0v) is 12.3. The molecule has 2 saturated heterocycles. The Bertz CT molecular complexity index is 285. The number of carbonyl (C=O) groups is 1. The van der Waals surface area contributed by atoms with Crippen LogP contribution in [0.3, 0.4) is 0 Å². The van der Waals surface area contributed by atoms with E-state index in [2.05, 4.69) is 16.7 Å². The second-order valence-electron chi connectivity index (χ2n) is 6.19. The molecule has 0 bridgehead atoms. The zero-order valence-electron chi connectivity index (χ0n) is 12.3. The number of likely N-dealkylation sites (tertiary alicyclic amines) is 2. The molecule has 0 radical (unpaired) electrons. The minimum Gasteiger partial charge on any atom is -0.342 e. The first-order valence-electron chi connectivity index (χ1n) is 7.96. The second kappa shape index (κ2) is 7.25. The SMILES string of the molecule is CC(N)C1CCCCN1CC(=O)N1CCCCCC1. The smallest absolute Gasteiger partial charge is 0.236 e. The highest BCUT2D eigenvalue weighted by molar-refractivity contribution is 5.78. The summed E-state index contributed by atoms with van der Waals surface area (Å²) in [6.45, 7) is 5.59. The zero-order chi connectivity index (χ0) is 13.7. The number of rotatable bonds is 3. The minimum absolute atomic E-state index is 0.164. The average molecular weight is 267 g/mol. The van der Waals surface area contributed by atoms with Crippen molar-refractivity contribution >= 4 is 5.91 Å². The molecule has 0 saturated carbocycles. The van der Waals surface area contributed by atoms with Crippen molar-refractivity contribution < 1.29 is 4.79 Å². The summed E-state index contributed by atoms with van der Waals surface area (Å²) in [4.78, 5) is 16.8. The molecule has 4 heteroatoms. The molecule has 0 aromatic heterocycles. The maximum Gasteiger partial charge on any atom is 0.236 e. The third-order valence-electron chi connectivity index (χ3n) is 4.57. The third-order valence-corrected chi connectivity index (χ3v) is 4.57. The predicted octanol–water partition coefficient (Wildman–Crippen LogP) is 1.59. The van der Waals surface area contributed by atoms with Gasteiger partial charge in [0.05, 0.1) is 6.54 Å². The Labute approximate surface area is 117 Å². The lowest BCUT2D eigenvalue weighted by molar-refractivity contribution is -0.133. The number of nitrogens with two attached hydrogens (primary N) is 1. The number of nitrogens with zero attached hydrogens (tertiary/aromatic N) is 2. The highest BCUT2D eigenvalue weighted by atomic mass is 16.2. The van der Waals surface area contributed by atoms with Crippen molar-refractivity contribution in [1.29, 1.82) is 0 Å². The summed E-state index contributed by atoms with van der Waals surface area (Å²) in [5.74, 6) is 0.314. The van der Waals surface area contributed by atoms with Crippen LogP contribution in [0.2, 0.25) is 0 Å². The Hall–Kier alpha value is -0.610. The van der Waals surface area contributed by atoms with Gasteiger partial charge in [-0.25, -0.2) is 0 Å². The van der Waals surface area contributed by atoms with Crippen molar-refractivity contribution in [2.75, 3.05) is 26.2 Å². The molecule has 0 aromatic rings. The fraction of sp³-hybridized carbons (Fsp3) is 0.933. The van der Waals surface area contributed by atoms with Gasteiger partial charge in [0.15, 0.2) is 0 Å². The molecule has 110 valence electrons. The van der Waals surface area contributed by atoms with Gasteiger partial charge in [-0.2, -0.15) is 0 Å². The lowest BCUT2D eigenvalue weighted by atomic mass is 9.97. The van der Waals surface area contributed by atoms with Gasteiger partial charge in [0.2, 0.25) is 5.91 Å². The minimum atomic E-state index is 0.164. The van der Waals surface area contributed by atoms with E-state index in [1.807, 2.05) is 0 Å². The van der Waals surface area contributed by atoms with Crippen molar-refractivity contribution in [2.24, 2.45) is 5.73 Å². The molecule has 4 nitrogen and oxygen atoms in total. The molecule has 2 heterocycles. The first-order valence-corrected chi connectivity index (χ1v) is 7.96. The van der Waals surface area contributed by atoms with Gasteiger partial charge in [0, 0.05) is 25.2 Å². The van der Waals surface area contributed by atoms with Crippen LogP contribution >= 0.6 is 0 Å². The second-order valence-corrected chi connectivity index (χ2v) is 6.19. The molecule has 2 aliphatic heterocycles. The van der Waals surface area contributed by atoms with Crippen LogP contribution in [0.25, 0.3) is 0 Å². The Morgan fingerprint density at radius 1 is 1.11 bits per heavy atom. The summed E-state index contributed by atoms with van der Waals surface area (Å²) in [6.07, 6.45) is 8.49. The number of amides is 1. The highest BCUT2D eigenvalue weighted by Gasteiger charge is 2.28. The molecule has 19 heavy (non-hydrogen) atoms. The molecule has 2 atom stereocenters. The van der Waals surface area contributed by atoms with Crippen LogP contribution < -0.4 is 5.73 Å². The molecule has 2 unspecified atom stereocenters. The normalized spacial score (nSPS) is 27.9. The molecule has 0 aliphatic carbocycles. The van der Waals surface area contributed by atoms with Gasteiger partial charge in [-0.3, -0.25) is 9.69 Å². The van der Waals surface area contributed by atoms with Crippen LogP contribution in [0.4, 0.5) is 0 Å². The summed E-state index contributed by atoms with van der Waals surface area (Å²) in [5.41, 5.74) is 6.07. The fourth-order valence-electron chi connectivity index (χ4n) is 3.40.